The number of amides is 1. The Hall–Kier alpha value is -1.13. The maximum atomic E-state index is 13.5. The Balaban J connectivity index is 0.00000120. The van der Waals surface area contributed by atoms with Gasteiger partial charge in [0.1, 0.15) is 5.82 Å². The fourth-order valence-electron chi connectivity index (χ4n) is 2.67. The predicted octanol–water partition coefficient (Wildman–Crippen LogP) is 1.50. The molecule has 1 amide bonds. The first-order chi connectivity index (χ1) is 8.16. The smallest absolute Gasteiger partial charge is 0.254 e. The summed E-state index contributed by atoms with van der Waals surface area (Å²) in [6.07, 6.45) is 0. The van der Waals surface area contributed by atoms with E-state index in [9.17, 15) is 9.18 Å². The van der Waals surface area contributed by atoms with Crippen molar-refractivity contribution in [3.05, 3.63) is 35.1 Å². The van der Waals surface area contributed by atoms with Crippen LogP contribution in [-0.2, 0) is 0 Å². The highest BCUT2D eigenvalue weighted by molar-refractivity contribution is 5.95. The van der Waals surface area contributed by atoms with Gasteiger partial charge in [-0.3, -0.25) is 4.79 Å². The van der Waals surface area contributed by atoms with Gasteiger partial charge in [0.2, 0.25) is 0 Å². The quantitative estimate of drug-likeness (QED) is 0.855. The topological polar surface area (TPSA) is 41.1 Å². The molecule has 0 spiro atoms. The Morgan fingerprint density at radius 1 is 1.39 bits per heavy atom. The third-order valence-electron chi connectivity index (χ3n) is 3.76. The first-order valence-corrected chi connectivity index (χ1v) is 5.94. The van der Waals surface area contributed by atoms with Crippen molar-refractivity contribution in [3.8, 4) is 0 Å². The van der Waals surface area contributed by atoms with Gasteiger partial charge in [0.15, 0.2) is 0 Å². The highest BCUT2D eigenvalue weighted by Crippen LogP contribution is 2.41. The van der Waals surface area contributed by atoms with Crippen molar-refractivity contribution in [2.24, 2.45) is 11.8 Å². The van der Waals surface area contributed by atoms with Gasteiger partial charge in [0.25, 0.3) is 5.91 Å². The number of piperidine rings is 1. The van der Waals surface area contributed by atoms with Crippen LogP contribution in [0, 0.1) is 24.6 Å². The molecule has 18 heavy (non-hydrogen) atoms. The Morgan fingerprint density at radius 3 is 2.72 bits per heavy atom. The zero-order chi connectivity index (χ0) is 12.0. The van der Waals surface area contributed by atoms with E-state index in [2.05, 4.69) is 10.6 Å². The standard InChI is InChI=1S/C13H15FN2O.ClH/c1-7-2-3-11(14)8(4-7)13(17)16-12-9-5-15-6-10(9)12;/h2-4,9-10,12,15H,5-6H2,1H3,(H,16,17);1H. The van der Waals surface area contributed by atoms with E-state index in [1.807, 2.05) is 6.92 Å². The van der Waals surface area contributed by atoms with E-state index in [0.29, 0.717) is 11.8 Å². The summed E-state index contributed by atoms with van der Waals surface area (Å²) in [5.41, 5.74) is 1.05. The van der Waals surface area contributed by atoms with Crippen LogP contribution in [0.2, 0.25) is 0 Å². The molecule has 1 saturated heterocycles. The number of hydrogen-bond acceptors (Lipinski definition) is 2. The lowest BCUT2D eigenvalue weighted by Gasteiger charge is -2.08. The molecule has 0 bridgehead atoms. The number of nitrogens with one attached hydrogen (secondary N) is 2. The van der Waals surface area contributed by atoms with E-state index in [1.54, 1.807) is 12.1 Å². The lowest BCUT2D eigenvalue weighted by molar-refractivity contribution is 0.0942. The minimum absolute atomic E-state index is 0. The van der Waals surface area contributed by atoms with Gasteiger partial charge < -0.3 is 10.6 Å². The fourth-order valence-corrected chi connectivity index (χ4v) is 2.67. The molecule has 5 heteroatoms. The summed E-state index contributed by atoms with van der Waals surface area (Å²) in [7, 11) is 0. The van der Waals surface area contributed by atoms with E-state index in [1.165, 1.54) is 6.07 Å². The van der Waals surface area contributed by atoms with Crippen LogP contribution in [-0.4, -0.2) is 25.0 Å². The van der Waals surface area contributed by atoms with Gasteiger partial charge in [-0.05, 0) is 30.9 Å². The van der Waals surface area contributed by atoms with Crippen molar-refractivity contribution < 1.29 is 9.18 Å². The average molecular weight is 271 g/mol. The number of fused-ring (bicyclic) bond motifs is 1. The predicted molar refractivity (Wildman–Crippen MR) is 69.5 cm³/mol. The minimum atomic E-state index is -0.447. The van der Waals surface area contributed by atoms with Crippen LogP contribution in [0.5, 0.6) is 0 Å². The molecule has 2 aliphatic rings. The molecular formula is C13H16ClFN2O. The monoisotopic (exact) mass is 270 g/mol. The number of aryl methyl sites for hydroxylation is 1. The summed E-state index contributed by atoms with van der Waals surface area (Å²) in [6, 6.07) is 4.85. The van der Waals surface area contributed by atoms with Crippen molar-refractivity contribution in [2.75, 3.05) is 13.1 Å². The third kappa shape index (κ3) is 2.22. The molecule has 1 aromatic rings. The van der Waals surface area contributed by atoms with Gasteiger partial charge in [-0.2, -0.15) is 0 Å². The molecule has 0 radical (unpaired) electrons. The first kappa shape index (κ1) is 13.3. The van der Waals surface area contributed by atoms with Crippen molar-refractivity contribution in [2.45, 2.75) is 13.0 Å². The summed E-state index contributed by atoms with van der Waals surface area (Å²) >= 11 is 0. The second-order valence-corrected chi connectivity index (χ2v) is 4.97. The summed E-state index contributed by atoms with van der Waals surface area (Å²) < 4.78 is 13.5. The fraction of sp³-hybridized carbons (Fsp3) is 0.462. The van der Waals surface area contributed by atoms with Gasteiger partial charge in [-0.25, -0.2) is 4.39 Å². The SMILES string of the molecule is Cc1ccc(F)c(C(=O)NC2C3CNCC32)c1.Cl. The molecule has 2 fully saturated rings. The molecule has 3 nitrogen and oxygen atoms in total. The van der Waals surface area contributed by atoms with Crippen molar-refractivity contribution in [3.63, 3.8) is 0 Å². The third-order valence-corrected chi connectivity index (χ3v) is 3.76. The molecule has 2 atom stereocenters. The highest BCUT2D eigenvalue weighted by atomic mass is 35.5. The largest absolute Gasteiger partial charge is 0.349 e. The molecular weight excluding hydrogens is 255 g/mol. The normalized spacial score (nSPS) is 28.2. The molecule has 2 N–H and O–H groups in total. The second-order valence-electron chi connectivity index (χ2n) is 4.97. The Bertz CT molecular complexity index is 470. The van der Waals surface area contributed by atoms with Crippen LogP contribution >= 0.6 is 12.4 Å². The van der Waals surface area contributed by atoms with Crippen molar-refractivity contribution >= 4 is 18.3 Å². The molecule has 0 aromatic heterocycles. The number of carbonyl (C=O) groups excluding carboxylic acids is 1. The van der Waals surface area contributed by atoms with Crippen LogP contribution in [0.1, 0.15) is 15.9 Å². The number of carbonyl (C=O) groups is 1. The lowest BCUT2D eigenvalue weighted by Crippen LogP contribution is -2.33. The summed E-state index contributed by atoms with van der Waals surface area (Å²) in [5.74, 6) is 0.362. The number of halogens is 2. The van der Waals surface area contributed by atoms with Crippen LogP contribution in [0.4, 0.5) is 4.39 Å². The molecule has 1 aromatic carbocycles. The van der Waals surface area contributed by atoms with Gasteiger partial charge in [-0.15, -0.1) is 12.4 Å². The summed E-state index contributed by atoms with van der Waals surface area (Å²) in [5, 5.41) is 6.18. The van der Waals surface area contributed by atoms with Crippen LogP contribution < -0.4 is 10.6 Å². The number of benzene rings is 1. The van der Waals surface area contributed by atoms with Crippen molar-refractivity contribution in [1.29, 1.82) is 0 Å². The molecule has 98 valence electrons. The molecule has 1 heterocycles. The zero-order valence-corrected chi connectivity index (χ0v) is 10.9. The highest BCUT2D eigenvalue weighted by Gasteiger charge is 2.53. The Labute approximate surface area is 112 Å². The number of hydrogen-bond donors (Lipinski definition) is 2. The van der Waals surface area contributed by atoms with E-state index in [0.717, 1.165) is 18.7 Å². The summed E-state index contributed by atoms with van der Waals surface area (Å²) in [6.45, 7) is 3.78. The van der Waals surface area contributed by atoms with Gasteiger partial charge in [0, 0.05) is 19.1 Å². The van der Waals surface area contributed by atoms with E-state index < -0.39 is 5.82 Å². The number of rotatable bonds is 2. The molecule has 3 rings (SSSR count). The van der Waals surface area contributed by atoms with Crippen LogP contribution in [0.3, 0.4) is 0 Å². The van der Waals surface area contributed by atoms with Gasteiger partial charge >= 0.3 is 0 Å². The maximum Gasteiger partial charge on any atom is 0.254 e. The molecule has 1 aliphatic carbocycles. The summed E-state index contributed by atoms with van der Waals surface area (Å²) in [4.78, 5) is 11.9. The van der Waals surface area contributed by atoms with E-state index in [4.69, 9.17) is 0 Å². The molecule has 1 saturated carbocycles. The minimum Gasteiger partial charge on any atom is -0.349 e. The molecule has 1 aliphatic heterocycles. The van der Waals surface area contributed by atoms with Crippen molar-refractivity contribution in [1.82, 2.24) is 10.6 Å². The first-order valence-electron chi connectivity index (χ1n) is 5.94. The van der Waals surface area contributed by atoms with E-state index in [-0.39, 0.29) is 29.9 Å². The lowest BCUT2D eigenvalue weighted by atomic mass is 10.1. The maximum absolute atomic E-state index is 13.5. The Kier molecular flexibility index (Phi) is 3.59. The second kappa shape index (κ2) is 4.86. The van der Waals surface area contributed by atoms with Gasteiger partial charge in [-0.1, -0.05) is 11.6 Å². The molecule has 2 unspecified atom stereocenters. The zero-order valence-electron chi connectivity index (χ0n) is 10.1. The Morgan fingerprint density at radius 2 is 2.06 bits per heavy atom. The average Bonchev–Trinajstić information content (AvgIpc) is 2.76. The van der Waals surface area contributed by atoms with Crippen LogP contribution in [0.25, 0.3) is 0 Å². The van der Waals surface area contributed by atoms with Gasteiger partial charge in [0.05, 0.1) is 5.56 Å². The van der Waals surface area contributed by atoms with E-state index >= 15 is 0 Å². The van der Waals surface area contributed by atoms with Crippen LogP contribution in [0.15, 0.2) is 18.2 Å².